The molecule has 0 radical (unpaired) electrons. The molecule has 1 aliphatic rings. The van der Waals surface area contributed by atoms with Gasteiger partial charge in [-0.2, -0.15) is 15.0 Å². The van der Waals surface area contributed by atoms with E-state index in [1.807, 2.05) is 20.8 Å². The first-order valence-corrected chi connectivity index (χ1v) is 7.09. The molecule has 2 N–H and O–H groups in total. The topological polar surface area (TPSA) is 81.2 Å². The molecular weight excluding hydrogens is 258 g/mol. The molecular formula is C13H23N5O2. The Balaban J connectivity index is 1.97. The van der Waals surface area contributed by atoms with Gasteiger partial charge >= 0.3 is 6.01 Å². The number of aromatic nitrogens is 3. The van der Waals surface area contributed by atoms with Gasteiger partial charge in [0.1, 0.15) is 0 Å². The molecule has 1 saturated carbocycles. The zero-order chi connectivity index (χ0) is 14.5. The van der Waals surface area contributed by atoms with E-state index < -0.39 is 0 Å². The molecule has 1 aliphatic carbocycles. The molecule has 1 heterocycles. The average Bonchev–Trinajstić information content (AvgIpc) is 2.35. The van der Waals surface area contributed by atoms with Gasteiger partial charge in [-0.1, -0.05) is 0 Å². The van der Waals surface area contributed by atoms with Crippen LogP contribution < -0.4 is 15.4 Å². The predicted molar refractivity (Wildman–Crippen MR) is 77.2 cm³/mol. The highest BCUT2D eigenvalue weighted by atomic mass is 16.5. The SMILES string of the molecule is CCOC1CC(Nc2nc(NC)nc(OC(C)C)n2)C1. The minimum absolute atomic E-state index is 0.0287. The molecule has 1 aromatic rings. The normalized spacial score (nSPS) is 21.4. The lowest BCUT2D eigenvalue weighted by molar-refractivity contribution is 0.00284. The van der Waals surface area contributed by atoms with E-state index in [0.717, 1.165) is 19.4 Å². The highest BCUT2D eigenvalue weighted by molar-refractivity contribution is 5.36. The number of hydrogen-bond donors (Lipinski definition) is 2. The van der Waals surface area contributed by atoms with Crippen LogP contribution >= 0.6 is 0 Å². The molecule has 0 spiro atoms. The first-order valence-electron chi connectivity index (χ1n) is 7.09. The summed E-state index contributed by atoms with van der Waals surface area (Å²) in [6.07, 6.45) is 2.35. The summed E-state index contributed by atoms with van der Waals surface area (Å²) < 4.78 is 11.1. The van der Waals surface area contributed by atoms with Crippen molar-refractivity contribution < 1.29 is 9.47 Å². The quantitative estimate of drug-likeness (QED) is 0.787. The summed E-state index contributed by atoms with van der Waals surface area (Å²) in [5.74, 6) is 1.04. The summed E-state index contributed by atoms with van der Waals surface area (Å²) >= 11 is 0. The number of nitrogens with one attached hydrogen (secondary N) is 2. The summed E-state index contributed by atoms with van der Waals surface area (Å²) in [7, 11) is 1.77. The van der Waals surface area contributed by atoms with E-state index in [2.05, 4.69) is 25.6 Å². The van der Waals surface area contributed by atoms with E-state index in [4.69, 9.17) is 9.47 Å². The van der Waals surface area contributed by atoms with Crippen LogP contribution in [0.1, 0.15) is 33.6 Å². The molecule has 2 rings (SSSR count). The number of ether oxygens (including phenoxy) is 2. The second-order valence-electron chi connectivity index (χ2n) is 5.07. The van der Waals surface area contributed by atoms with Crippen molar-refractivity contribution in [1.29, 1.82) is 0 Å². The van der Waals surface area contributed by atoms with Gasteiger partial charge in [-0.05, 0) is 33.6 Å². The molecule has 0 atom stereocenters. The van der Waals surface area contributed by atoms with Crippen molar-refractivity contribution in [3.8, 4) is 6.01 Å². The molecule has 0 aliphatic heterocycles. The monoisotopic (exact) mass is 281 g/mol. The maximum absolute atomic E-state index is 5.54. The third kappa shape index (κ3) is 3.93. The fraction of sp³-hybridized carbons (Fsp3) is 0.769. The van der Waals surface area contributed by atoms with Crippen LogP contribution in [0.4, 0.5) is 11.9 Å². The van der Waals surface area contributed by atoms with E-state index in [1.165, 1.54) is 0 Å². The number of anilines is 2. The molecule has 0 unspecified atom stereocenters. The summed E-state index contributed by atoms with van der Waals surface area (Å²) in [6.45, 7) is 6.66. The van der Waals surface area contributed by atoms with Crippen molar-refractivity contribution in [2.45, 2.75) is 51.9 Å². The van der Waals surface area contributed by atoms with Crippen molar-refractivity contribution in [2.75, 3.05) is 24.3 Å². The van der Waals surface area contributed by atoms with Crippen LogP contribution in [0.25, 0.3) is 0 Å². The van der Waals surface area contributed by atoms with E-state index in [9.17, 15) is 0 Å². The minimum atomic E-state index is 0.0287. The first kappa shape index (κ1) is 14.8. The van der Waals surface area contributed by atoms with E-state index in [-0.39, 0.29) is 6.10 Å². The molecule has 112 valence electrons. The molecule has 0 bridgehead atoms. The predicted octanol–water partition coefficient (Wildman–Crippen LogP) is 1.68. The van der Waals surface area contributed by atoms with Gasteiger partial charge in [0.05, 0.1) is 12.2 Å². The molecule has 1 fully saturated rings. The standard InChI is InChI=1S/C13H23N5O2/c1-5-19-10-6-9(7-10)15-12-16-11(14-4)17-13(18-12)20-8(2)3/h8-10H,5-7H2,1-4H3,(H2,14,15,16,17,18). The maximum Gasteiger partial charge on any atom is 0.323 e. The molecule has 0 aromatic carbocycles. The molecule has 7 heteroatoms. The van der Waals surface area contributed by atoms with Gasteiger partial charge in [0.2, 0.25) is 11.9 Å². The van der Waals surface area contributed by atoms with Crippen molar-refractivity contribution in [3.63, 3.8) is 0 Å². The Kier molecular flexibility index (Phi) is 4.94. The maximum atomic E-state index is 5.54. The highest BCUT2D eigenvalue weighted by Gasteiger charge is 2.30. The lowest BCUT2D eigenvalue weighted by Crippen LogP contribution is -2.41. The van der Waals surface area contributed by atoms with Crippen LogP contribution in [0, 0.1) is 0 Å². The minimum Gasteiger partial charge on any atom is -0.461 e. The zero-order valence-electron chi connectivity index (χ0n) is 12.5. The Hall–Kier alpha value is -1.63. The van der Waals surface area contributed by atoms with Gasteiger partial charge in [-0.25, -0.2) is 0 Å². The van der Waals surface area contributed by atoms with E-state index >= 15 is 0 Å². The fourth-order valence-electron chi connectivity index (χ4n) is 2.03. The third-order valence-electron chi connectivity index (χ3n) is 3.01. The smallest absolute Gasteiger partial charge is 0.323 e. The second-order valence-corrected chi connectivity index (χ2v) is 5.07. The van der Waals surface area contributed by atoms with Crippen LogP contribution in [-0.2, 0) is 4.74 Å². The van der Waals surface area contributed by atoms with Crippen LogP contribution in [0.15, 0.2) is 0 Å². The van der Waals surface area contributed by atoms with Gasteiger partial charge in [-0.15, -0.1) is 0 Å². The van der Waals surface area contributed by atoms with Crippen LogP contribution in [0.3, 0.4) is 0 Å². The second kappa shape index (κ2) is 6.69. The number of nitrogens with zero attached hydrogens (tertiary/aromatic N) is 3. The van der Waals surface area contributed by atoms with E-state index in [0.29, 0.717) is 30.1 Å². The average molecular weight is 281 g/mol. The third-order valence-corrected chi connectivity index (χ3v) is 3.01. The van der Waals surface area contributed by atoms with Gasteiger partial charge in [0.15, 0.2) is 0 Å². The van der Waals surface area contributed by atoms with Crippen LogP contribution in [0.5, 0.6) is 6.01 Å². The van der Waals surface area contributed by atoms with Gasteiger partial charge < -0.3 is 20.1 Å². The largest absolute Gasteiger partial charge is 0.461 e. The highest BCUT2D eigenvalue weighted by Crippen LogP contribution is 2.26. The Labute approximate surface area is 119 Å². The fourth-order valence-corrected chi connectivity index (χ4v) is 2.03. The molecule has 0 saturated heterocycles. The van der Waals surface area contributed by atoms with Gasteiger partial charge in [-0.3, -0.25) is 0 Å². The summed E-state index contributed by atoms with van der Waals surface area (Å²) in [6, 6.07) is 0.688. The molecule has 7 nitrogen and oxygen atoms in total. The van der Waals surface area contributed by atoms with Crippen molar-refractivity contribution in [2.24, 2.45) is 0 Å². The summed E-state index contributed by atoms with van der Waals surface area (Å²) in [5.41, 5.74) is 0. The number of hydrogen-bond acceptors (Lipinski definition) is 7. The molecule has 20 heavy (non-hydrogen) atoms. The van der Waals surface area contributed by atoms with Crippen molar-refractivity contribution in [1.82, 2.24) is 15.0 Å². The van der Waals surface area contributed by atoms with Crippen LogP contribution in [0.2, 0.25) is 0 Å². The van der Waals surface area contributed by atoms with E-state index in [1.54, 1.807) is 7.05 Å². The van der Waals surface area contributed by atoms with Crippen molar-refractivity contribution in [3.05, 3.63) is 0 Å². The van der Waals surface area contributed by atoms with Gasteiger partial charge in [0.25, 0.3) is 0 Å². The van der Waals surface area contributed by atoms with Crippen LogP contribution in [-0.4, -0.2) is 46.9 Å². The molecule has 0 amide bonds. The molecule has 1 aromatic heterocycles. The lowest BCUT2D eigenvalue weighted by atomic mass is 9.89. The lowest BCUT2D eigenvalue weighted by Gasteiger charge is -2.35. The Morgan fingerprint density at radius 1 is 1.20 bits per heavy atom. The first-order chi connectivity index (χ1) is 9.60. The Bertz CT molecular complexity index is 435. The zero-order valence-corrected chi connectivity index (χ0v) is 12.5. The summed E-state index contributed by atoms with van der Waals surface area (Å²) in [5, 5.41) is 6.21. The number of rotatable bonds is 7. The van der Waals surface area contributed by atoms with Crippen molar-refractivity contribution >= 4 is 11.9 Å². The Morgan fingerprint density at radius 2 is 1.90 bits per heavy atom. The summed E-state index contributed by atoms with van der Waals surface area (Å²) in [4.78, 5) is 12.7. The Morgan fingerprint density at radius 3 is 2.50 bits per heavy atom. The van der Waals surface area contributed by atoms with Gasteiger partial charge in [0, 0.05) is 19.7 Å².